The van der Waals surface area contributed by atoms with Crippen LogP contribution < -0.4 is 15.4 Å². The van der Waals surface area contributed by atoms with Gasteiger partial charge in [-0.05, 0) is 36.8 Å². The predicted octanol–water partition coefficient (Wildman–Crippen LogP) is 2.43. The summed E-state index contributed by atoms with van der Waals surface area (Å²) in [6, 6.07) is 2.72. The summed E-state index contributed by atoms with van der Waals surface area (Å²) in [5, 5.41) is 2.14. The number of anilines is 2. The molecule has 1 atom stereocenters. The molecule has 2 aromatic heterocycles. The third-order valence-corrected chi connectivity index (χ3v) is 4.59. The molecule has 0 saturated carbocycles. The summed E-state index contributed by atoms with van der Waals surface area (Å²) < 4.78 is 5.49. The van der Waals surface area contributed by atoms with E-state index in [9.17, 15) is 0 Å². The second kappa shape index (κ2) is 5.85. The van der Waals surface area contributed by atoms with Crippen LogP contribution >= 0.6 is 11.3 Å². The highest BCUT2D eigenvalue weighted by molar-refractivity contribution is 7.10. The fourth-order valence-corrected chi connectivity index (χ4v) is 3.49. The standard InChI is InChI=1S/C14H19N5OS/c1-3-7-20-14-17-12(15)16-13(18-14)19-6-4-11-10(9(19)2)5-8-21-11/h5,8-9H,3-4,6-7H2,1-2H3,(H2,15,16,17,18). The van der Waals surface area contributed by atoms with Gasteiger partial charge in [-0.1, -0.05) is 6.92 Å². The first-order valence-corrected chi connectivity index (χ1v) is 8.04. The summed E-state index contributed by atoms with van der Waals surface area (Å²) in [6.45, 7) is 5.66. The number of thiophene rings is 1. The highest BCUT2D eigenvalue weighted by atomic mass is 32.1. The number of nitrogens with two attached hydrogens (primary N) is 1. The van der Waals surface area contributed by atoms with Gasteiger partial charge in [0.1, 0.15) is 0 Å². The summed E-state index contributed by atoms with van der Waals surface area (Å²) in [4.78, 5) is 16.3. The van der Waals surface area contributed by atoms with Gasteiger partial charge in [0.05, 0.1) is 12.6 Å². The van der Waals surface area contributed by atoms with E-state index in [2.05, 4.69) is 38.2 Å². The first-order valence-electron chi connectivity index (χ1n) is 7.16. The van der Waals surface area contributed by atoms with Gasteiger partial charge in [0, 0.05) is 11.4 Å². The SMILES string of the molecule is CCCOc1nc(N)nc(N2CCc3sccc3C2C)n1. The lowest BCUT2D eigenvalue weighted by Gasteiger charge is -2.33. The van der Waals surface area contributed by atoms with Crippen molar-refractivity contribution in [1.29, 1.82) is 0 Å². The van der Waals surface area contributed by atoms with Gasteiger partial charge in [0.15, 0.2) is 0 Å². The zero-order valence-corrected chi connectivity index (χ0v) is 13.1. The Bertz CT molecular complexity index is 630. The second-order valence-corrected chi connectivity index (χ2v) is 6.04. The minimum atomic E-state index is 0.203. The number of hydrogen-bond donors (Lipinski definition) is 1. The minimum Gasteiger partial charge on any atom is -0.463 e. The maximum atomic E-state index is 5.79. The molecule has 0 bridgehead atoms. The quantitative estimate of drug-likeness (QED) is 0.935. The number of ether oxygens (including phenoxy) is 1. The molecule has 2 aromatic rings. The van der Waals surface area contributed by atoms with E-state index < -0.39 is 0 Å². The smallest absolute Gasteiger partial charge is 0.323 e. The predicted molar refractivity (Wildman–Crippen MR) is 83.8 cm³/mol. The van der Waals surface area contributed by atoms with Crippen LogP contribution in [-0.4, -0.2) is 28.1 Å². The Kier molecular flexibility index (Phi) is 3.92. The molecule has 1 aliphatic heterocycles. The molecule has 2 N–H and O–H groups in total. The maximum absolute atomic E-state index is 5.79. The van der Waals surface area contributed by atoms with Crippen LogP contribution in [0, 0.1) is 0 Å². The van der Waals surface area contributed by atoms with Crippen molar-refractivity contribution in [2.45, 2.75) is 32.7 Å². The van der Waals surface area contributed by atoms with E-state index in [0.29, 0.717) is 18.6 Å². The van der Waals surface area contributed by atoms with E-state index in [1.165, 1.54) is 10.4 Å². The molecule has 0 amide bonds. The monoisotopic (exact) mass is 305 g/mol. The van der Waals surface area contributed by atoms with Crippen LogP contribution in [0.2, 0.25) is 0 Å². The molecular weight excluding hydrogens is 286 g/mol. The van der Waals surface area contributed by atoms with Crippen molar-refractivity contribution in [1.82, 2.24) is 15.0 Å². The van der Waals surface area contributed by atoms with Gasteiger partial charge < -0.3 is 15.4 Å². The molecule has 0 radical (unpaired) electrons. The highest BCUT2D eigenvalue weighted by Crippen LogP contribution is 2.34. The number of fused-ring (bicyclic) bond motifs is 1. The van der Waals surface area contributed by atoms with Crippen LogP contribution in [-0.2, 0) is 6.42 Å². The molecule has 0 spiro atoms. The average Bonchev–Trinajstić information content (AvgIpc) is 2.94. The van der Waals surface area contributed by atoms with Crippen LogP contribution in [0.4, 0.5) is 11.9 Å². The van der Waals surface area contributed by atoms with Crippen LogP contribution in [0.1, 0.15) is 36.8 Å². The summed E-state index contributed by atoms with van der Waals surface area (Å²) in [7, 11) is 0. The molecule has 1 aliphatic rings. The molecule has 6 nitrogen and oxygen atoms in total. The van der Waals surface area contributed by atoms with E-state index in [-0.39, 0.29) is 12.0 Å². The topological polar surface area (TPSA) is 77.2 Å². The summed E-state index contributed by atoms with van der Waals surface area (Å²) in [5.41, 5.74) is 7.14. The average molecular weight is 305 g/mol. The van der Waals surface area contributed by atoms with Crippen molar-refractivity contribution in [2.24, 2.45) is 0 Å². The number of nitrogens with zero attached hydrogens (tertiary/aromatic N) is 4. The van der Waals surface area contributed by atoms with Crippen molar-refractivity contribution >= 4 is 23.2 Å². The second-order valence-electron chi connectivity index (χ2n) is 5.04. The zero-order chi connectivity index (χ0) is 14.8. The molecule has 1 unspecified atom stereocenters. The fraction of sp³-hybridized carbons (Fsp3) is 0.500. The summed E-state index contributed by atoms with van der Waals surface area (Å²) in [6.07, 6.45) is 1.91. The van der Waals surface area contributed by atoms with Gasteiger partial charge in [-0.25, -0.2) is 0 Å². The Morgan fingerprint density at radius 1 is 1.43 bits per heavy atom. The van der Waals surface area contributed by atoms with Gasteiger partial charge in [0.25, 0.3) is 0 Å². The minimum absolute atomic E-state index is 0.203. The van der Waals surface area contributed by atoms with Crippen LogP contribution in [0.5, 0.6) is 6.01 Å². The Morgan fingerprint density at radius 3 is 3.10 bits per heavy atom. The lowest BCUT2D eigenvalue weighted by Crippen LogP contribution is -2.34. The number of hydrogen-bond acceptors (Lipinski definition) is 7. The maximum Gasteiger partial charge on any atom is 0.323 e. The van der Waals surface area contributed by atoms with Crippen molar-refractivity contribution in [3.05, 3.63) is 21.9 Å². The number of rotatable bonds is 4. The Morgan fingerprint density at radius 2 is 2.29 bits per heavy atom. The van der Waals surface area contributed by atoms with Crippen LogP contribution in [0.15, 0.2) is 11.4 Å². The summed E-state index contributed by atoms with van der Waals surface area (Å²) in [5.74, 6) is 0.798. The zero-order valence-electron chi connectivity index (χ0n) is 12.2. The normalized spacial score (nSPS) is 17.6. The first-order chi connectivity index (χ1) is 10.2. The van der Waals surface area contributed by atoms with E-state index in [0.717, 1.165) is 19.4 Å². The third-order valence-electron chi connectivity index (χ3n) is 3.59. The van der Waals surface area contributed by atoms with E-state index >= 15 is 0 Å². The van der Waals surface area contributed by atoms with Crippen LogP contribution in [0.3, 0.4) is 0 Å². The Balaban J connectivity index is 1.88. The van der Waals surface area contributed by atoms with Crippen molar-refractivity contribution < 1.29 is 4.74 Å². The van der Waals surface area contributed by atoms with Crippen LogP contribution in [0.25, 0.3) is 0 Å². The van der Waals surface area contributed by atoms with Gasteiger partial charge in [-0.3, -0.25) is 0 Å². The third kappa shape index (κ3) is 2.78. The first kappa shape index (κ1) is 14.1. The Labute approximate surface area is 128 Å². The van der Waals surface area contributed by atoms with E-state index in [1.807, 2.05) is 18.3 Å². The van der Waals surface area contributed by atoms with Gasteiger partial charge in [-0.15, -0.1) is 11.3 Å². The Hall–Kier alpha value is -1.89. The van der Waals surface area contributed by atoms with E-state index in [1.54, 1.807) is 0 Å². The lowest BCUT2D eigenvalue weighted by atomic mass is 10.0. The lowest BCUT2D eigenvalue weighted by molar-refractivity contribution is 0.291. The van der Waals surface area contributed by atoms with Crippen molar-refractivity contribution in [3.63, 3.8) is 0 Å². The molecule has 0 aliphatic carbocycles. The molecule has 0 saturated heterocycles. The molecule has 21 heavy (non-hydrogen) atoms. The van der Waals surface area contributed by atoms with Crippen molar-refractivity contribution in [3.8, 4) is 6.01 Å². The molecule has 3 heterocycles. The molecule has 0 aromatic carbocycles. The number of aromatic nitrogens is 3. The highest BCUT2D eigenvalue weighted by Gasteiger charge is 2.27. The molecule has 0 fully saturated rings. The molecule has 7 heteroatoms. The molecule has 112 valence electrons. The van der Waals surface area contributed by atoms with Crippen molar-refractivity contribution in [2.75, 3.05) is 23.8 Å². The van der Waals surface area contributed by atoms with Gasteiger partial charge in [-0.2, -0.15) is 15.0 Å². The molecular formula is C14H19N5OS. The van der Waals surface area contributed by atoms with Gasteiger partial charge >= 0.3 is 6.01 Å². The van der Waals surface area contributed by atoms with E-state index in [4.69, 9.17) is 10.5 Å². The fourth-order valence-electron chi connectivity index (χ4n) is 2.53. The van der Waals surface area contributed by atoms with Gasteiger partial charge in [0.2, 0.25) is 11.9 Å². The largest absolute Gasteiger partial charge is 0.463 e. The molecule has 3 rings (SSSR count). The number of nitrogen functional groups attached to an aromatic ring is 1. The summed E-state index contributed by atoms with van der Waals surface area (Å²) >= 11 is 1.81.